The molecule has 0 saturated carbocycles. The summed E-state index contributed by atoms with van der Waals surface area (Å²) in [5.41, 5.74) is 1.25. The molecule has 96 valence electrons. The Morgan fingerprint density at radius 1 is 1.29 bits per heavy atom. The Hall–Kier alpha value is -0.550. The van der Waals surface area contributed by atoms with Gasteiger partial charge in [0.05, 0.1) is 6.10 Å². The van der Waals surface area contributed by atoms with E-state index >= 15 is 0 Å². The molecular weight excluding hydrogens is 232 g/mol. The van der Waals surface area contributed by atoms with E-state index < -0.39 is 0 Å². The molecule has 1 aromatic carbocycles. The predicted octanol–water partition coefficient (Wildman–Crippen LogP) is 1.42. The number of aliphatic hydroxyl groups is 1. The quantitative estimate of drug-likeness (QED) is 0.722. The lowest BCUT2D eigenvalue weighted by Gasteiger charge is -2.16. The van der Waals surface area contributed by atoms with Gasteiger partial charge in [0.1, 0.15) is 0 Å². The first-order valence-electron chi connectivity index (χ1n) is 5.78. The van der Waals surface area contributed by atoms with Gasteiger partial charge in [0.2, 0.25) is 0 Å². The van der Waals surface area contributed by atoms with Crippen molar-refractivity contribution in [1.29, 1.82) is 0 Å². The van der Waals surface area contributed by atoms with Crippen molar-refractivity contribution in [3.8, 4) is 0 Å². The minimum Gasteiger partial charge on any atom is -0.390 e. The van der Waals surface area contributed by atoms with Crippen LogP contribution in [0, 0.1) is 0 Å². The fraction of sp³-hybridized carbons (Fsp3) is 0.538. The van der Waals surface area contributed by atoms with Crippen LogP contribution in [0.3, 0.4) is 0 Å². The topological polar surface area (TPSA) is 35.5 Å². The Kier molecular flexibility index (Phi) is 6.58. The SMILES string of the molecule is CSc1ccc(CNCC(O)CN(C)C)cc1. The Bertz CT molecular complexity index is 314. The van der Waals surface area contributed by atoms with Gasteiger partial charge in [-0.05, 0) is 38.0 Å². The molecule has 0 aliphatic rings. The van der Waals surface area contributed by atoms with E-state index in [9.17, 15) is 5.11 Å². The monoisotopic (exact) mass is 254 g/mol. The van der Waals surface area contributed by atoms with Crippen LogP contribution in [0.4, 0.5) is 0 Å². The average molecular weight is 254 g/mol. The van der Waals surface area contributed by atoms with Crippen molar-refractivity contribution < 1.29 is 5.11 Å². The zero-order valence-electron chi connectivity index (χ0n) is 10.8. The fourth-order valence-corrected chi connectivity index (χ4v) is 2.02. The Labute approximate surface area is 108 Å². The molecule has 0 spiro atoms. The molecule has 0 heterocycles. The first-order valence-corrected chi connectivity index (χ1v) is 7.00. The lowest BCUT2D eigenvalue weighted by atomic mass is 10.2. The Morgan fingerprint density at radius 2 is 1.94 bits per heavy atom. The van der Waals surface area contributed by atoms with Crippen LogP contribution in [-0.4, -0.2) is 49.6 Å². The van der Waals surface area contributed by atoms with E-state index in [2.05, 4.69) is 35.8 Å². The van der Waals surface area contributed by atoms with Gasteiger partial charge in [0, 0.05) is 24.5 Å². The summed E-state index contributed by atoms with van der Waals surface area (Å²) in [6.07, 6.45) is 1.76. The lowest BCUT2D eigenvalue weighted by Crippen LogP contribution is -2.34. The van der Waals surface area contributed by atoms with Gasteiger partial charge >= 0.3 is 0 Å². The largest absolute Gasteiger partial charge is 0.390 e. The Balaban J connectivity index is 2.25. The van der Waals surface area contributed by atoms with Crippen LogP contribution in [0.5, 0.6) is 0 Å². The van der Waals surface area contributed by atoms with Gasteiger partial charge in [-0.1, -0.05) is 12.1 Å². The maximum atomic E-state index is 9.67. The normalized spacial score (nSPS) is 13.0. The molecule has 1 unspecified atom stereocenters. The second-order valence-corrected chi connectivity index (χ2v) is 5.27. The third kappa shape index (κ3) is 6.07. The molecule has 1 atom stereocenters. The molecule has 4 heteroatoms. The second-order valence-electron chi connectivity index (χ2n) is 4.40. The predicted molar refractivity (Wildman–Crippen MR) is 74.5 cm³/mol. The van der Waals surface area contributed by atoms with Crippen molar-refractivity contribution in [2.24, 2.45) is 0 Å². The standard InChI is InChI=1S/C13H22N2OS/c1-15(2)10-12(16)9-14-8-11-4-6-13(17-3)7-5-11/h4-7,12,14,16H,8-10H2,1-3H3. The number of nitrogens with zero attached hydrogens (tertiary/aromatic N) is 1. The van der Waals surface area contributed by atoms with Gasteiger partial charge in [0.15, 0.2) is 0 Å². The molecule has 0 amide bonds. The molecule has 0 bridgehead atoms. The van der Waals surface area contributed by atoms with E-state index in [0.29, 0.717) is 13.1 Å². The van der Waals surface area contributed by atoms with E-state index in [4.69, 9.17) is 0 Å². The van der Waals surface area contributed by atoms with Crippen LogP contribution in [0.1, 0.15) is 5.56 Å². The van der Waals surface area contributed by atoms with Crippen LogP contribution < -0.4 is 5.32 Å². The molecule has 2 N–H and O–H groups in total. The van der Waals surface area contributed by atoms with Crippen LogP contribution >= 0.6 is 11.8 Å². The molecule has 3 nitrogen and oxygen atoms in total. The smallest absolute Gasteiger partial charge is 0.0791 e. The number of aliphatic hydroxyl groups excluding tert-OH is 1. The zero-order valence-corrected chi connectivity index (χ0v) is 11.6. The van der Waals surface area contributed by atoms with Crippen molar-refractivity contribution in [2.75, 3.05) is 33.4 Å². The van der Waals surface area contributed by atoms with Gasteiger partial charge in [-0.2, -0.15) is 0 Å². The highest BCUT2D eigenvalue weighted by Crippen LogP contribution is 2.14. The summed E-state index contributed by atoms with van der Waals surface area (Å²) in [4.78, 5) is 3.26. The Morgan fingerprint density at radius 3 is 2.47 bits per heavy atom. The van der Waals surface area contributed by atoms with Crippen LogP contribution in [0.25, 0.3) is 0 Å². The zero-order chi connectivity index (χ0) is 12.7. The van der Waals surface area contributed by atoms with Gasteiger partial charge in [-0.25, -0.2) is 0 Å². The summed E-state index contributed by atoms with van der Waals surface area (Å²) in [7, 11) is 3.93. The van der Waals surface area contributed by atoms with E-state index in [1.807, 2.05) is 19.0 Å². The minimum absolute atomic E-state index is 0.310. The highest BCUT2D eigenvalue weighted by molar-refractivity contribution is 7.98. The molecule has 0 aliphatic carbocycles. The third-order valence-electron chi connectivity index (χ3n) is 2.44. The lowest BCUT2D eigenvalue weighted by molar-refractivity contribution is 0.134. The molecule has 1 aromatic rings. The fourth-order valence-electron chi connectivity index (χ4n) is 1.61. The summed E-state index contributed by atoms with van der Waals surface area (Å²) in [6.45, 7) is 2.13. The van der Waals surface area contributed by atoms with E-state index in [1.165, 1.54) is 10.5 Å². The number of likely N-dealkylation sites (N-methyl/N-ethyl adjacent to an activating group) is 1. The minimum atomic E-state index is -0.310. The molecule has 0 radical (unpaired) electrons. The summed E-state index contributed by atoms with van der Waals surface area (Å²) < 4.78 is 0. The van der Waals surface area contributed by atoms with Gasteiger partial charge in [0.25, 0.3) is 0 Å². The number of nitrogens with one attached hydrogen (secondary N) is 1. The third-order valence-corrected chi connectivity index (χ3v) is 3.19. The number of benzene rings is 1. The molecule has 0 fully saturated rings. The molecule has 0 aromatic heterocycles. The summed E-state index contributed by atoms with van der Waals surface area (Å²) in [5, 5.41) is 12.9. The number of hydrogen-bond acceptors (Lipinski definition) is 4. The van der Waals surface area contributed by atoms with Gasteiger partial charge in [-0.3, -0.25) is 0 Å². The van der Waals surface area contributed by atoms with Crippen LogP contribution in [0.15, 0.2) is 29.2 Å². The first-order chi connectivity index (χ1) is 8.11. The number of hydrogen-bond donors (Lipinski definition) is 2. The number of thioether (sulfide) groups is 1. The van der Waals surface area contributed by atoms with Crippen molar-refractivity contribution in [2.45, 2.75) is 17.5 Å². The van der Waals surface area contributed by atoms with Gasteiger partial charge < -0.3 is 15.3 Å². The molecular formula is C13H22N2OS. The van der Waals surface area contributed by atoms with E-state index in [0.717, 1.165) is 6.54 Å². The molecule has 0 saturated heterocycles. The highest BCUT2D eigenvalue weighted by Gasteiger charge is 2.04. The van der Waals surface area contributed by atoms with Crippen LogP contribution in [-0.2, 0) is 6.54 Å². The van der Waals surface area contributed by atoms with Gasteiger partial charge in [-0.15, -0.1) is 11.8 Å². The molecule has 0 aliphatic heterocycles. The maximum Gasteiger partial charge on any atom is 0.0791 e. The van der Waals surface area contributed by atoms with E-state index in [1.54, 1.807) is 11.8 Å². The summed E-state index contributed by atoms with van der Waals surface area (Å²) in [6, 6.07) is 8.49. The van der Waals surface area contributed by atoms with Crippen molar-refractivity contribution in [3.05, 3.63) is 29.8 Å². The molecule has 1 rings (SSSR count). The second kappa shape index (κ2) is 7.71. The van der Waals surface area contributed by atoms with Crippen molar-refractivity contribution in [1.82, 2.24) is 10.2 Å². The molecule has 17 heavy (non-hydrogen) atoms. The van der Waals surface area contributed by atoms with Crippen LogP contribution in [0.2, 0.25) is 0 Å². The van der Waals surface area contributed by atoms with Crippen molar-refractivity contribution >= 4 is 11.8 Å². The summed E-state index contributed by atoms with van der Waals surface area (Å²) >= 11 is 1.75. The summed E-state index contributed by atoms with van der Waals surface area (Å²) in [5.74, 6) is 0. The maximum absolute atomic E-state index is 9.67. The van der Waals surface area contributed by atoms with E-state index in [-0.39, 0.29) is 6.10 Å². The number of rotatable bonds is 7. The van der Waals surface area contributed by atoms with Crippen molar-refractivity contribution in [3.63, 3.8) is 0 Å². The first kappa shape index (κ1) is 14.5. The average Bonchev–Trinajstić information content (AvgIpc) is 2.29. The highest BCUT2D eigenvalue weighted by atomic mass is 32.2.